The zero-order valence-electron chi connectivity index (χ0n) is 12.2. The minimum absolute atomic E-state index is 0.0819. The Labute approximate surface area is 123 Å². The molecule has 6 heteroatoms. The van der Waals surface area contributed by atoms with Gasteiger partial charge in [0.1, 0.15) is 6.10 Å². The summed E-state index contributed by atoms with van der Waals surface area (Å²) in [5.41, 5.74) is 6.72. The summed E-state index contributed by atoms with van der Waals surface area (Å²) in [5, 5.41) is 0. The fourth-order valence-corrected chi connectivity index (χ4v) is 2.53. The van der Waals surface area contributed by atoms with Crippen molar-refractivity contribution in [2.75, 3.05) is 20.2 Å². The van der Waals surface area contributed by atoms with Gasteiger partial charge in [-0.25, -0.2) is 4.79 Å². The van der Waals surface area contributed by atoms with Gasteiger partial charge < -0.3 is 15.2 Å². The van der Waals surface area contributed by atoms with Crippen LogP contribution >= 0.6 is 0 Å². The molecule has 1 aromatic rings. The van der Waals surface area contributed by atoms with Gasteiger partial charge in [-0.05, 0) is 18.6 Å². The number of ether oxygens (including phenoxy) is 2. The summed E-state index contributed by atoms with van der Waals surface area (Å²) in [6.45, 7) is 3.55. The average molecular weight is 292 g/mol. The number of amides is 1. The van der Waals surface area contributed by atoms with Crippen molar-refractivity contribution in [3.8, 4) is 0 Å². The first kappa shape index (κ1) is 15.5. The Hall–Kier alpha value is -1.92. The average Bonchev–Trinajstić information content (AvgIpc) is 2.46. The molecule has 0 saturated carbocycles. The zero-order valence-corrected chi connectivity index (χ0v) is 12.2. The van der Waals surface area contributed by atoms with E-state index in [0.29, 0.717) is 25.2 Å². The molecule has 1 aromatic carbocycles. The Morgan fingerprint density at radius 2 is 2.10 bits per heavy atom. The van der Waals surface area contributed by atoms with E-state index in [-0.39, 0.29) is 12.1 Å². The highest BCUT2D eigenvalue weighted by molar-refractivity contribution is 5.90. The second-order valence-corrected chi connectivity index (χ2v) is 5.18. The number of morpholine rings is 1. The molecule has 1 aliphatic rings. The lowest BCUT2D eigenvalue weighted by Gasteiger charge is -2.35. The van der Waals surface area contributed by atoms with E-state index in [2.05, 4.69) is 4.90 Å². The van der Waals surface area contributed by atoms with Crippen LogP contribution in [0, 0.1) is 0 Å². The van der Waals surface area contributed by atoms with E-state index in [1.165, 1.54) is 7.11 Å². The smallest absolute Gasteiger partial charge is 0.338 e. The number of primary amides is 1. The van der Waals surface area contributed by atoms with Crippen LogP contribution in [0.4, 0.5) is 0 Å². The molecule has 2 atom stereocenters. The molecule has 2 rings (SSSR count). The van der Waals surface area contributed by atoms with Crippen molar-refractivity contribution in [2.45, 2.75) is 25.7 Å². The first-order chi connectivity index (χ1) is 10.0. The lowest BCUT2D eigenvalue weighted by atomic mass is 10.1. The minimum Gasteiger partial charge on any atom is -0.465 e. The van der Waals surface area contributed by atoms with Crippen LogP contribution < -0.4 is 5.73 Å². The molecule has 1 unspecified atom stereocenters. The molecular formula is C15H20N2O4. The predicted octanol–water partition coefficient (Wildman–Crippen LogP) is 0.548. The van der Waals surface area contributed by atoms with Gasteiger partial charge in [0, 0.05) is 19.6 Å². The monoisotopic (exact) mass is 292 g/mol. The molecule has 1 fully saturated rings. The van der Waals surface area contributed by atoms with Gasteiger partial charge in [-0.2, -0.15) is 0 Å². The van der Waals surface area contributed by atoms with Crippen molar-refractivity contribution in [1.82, 2.24) is 4.90 Å². The first-order valence-electron chi connectivity index (χ1n) is 6.84. The van der Waals surface area contributed by atoms with Crippen molar-refractivity contribution in [3.63, 3.8) is 0 Å². The predicted molar refractivity (Wildman–Crippen MR) is 76.6 cm³/mol. The third-order valence-electron chi connectivity index (χ3n) is 3.47. The molecule has 0 aliphatic carbocycles. The standard InChI is InChI=1S/C15H20N2O4/c1-10-7-17(9-13(21-10)14(16)18)8-11-5-3-4-6-12(11)15(19)20-2/h3-6,10,13H,7-9H2,1-2H3,(H2,16,18)/t10-,13?/m1/s1. The summed E-state index contributed by atoms with van der Waals surface area (Å²) in [5.74, 6) is -0.828. The van der Waals surface area contributed by atoms with Gasteiger partial charge in [-0.15, -0.1) is 0 Å². The number of benzene rings is 1. The van der Waals surface area contributed by atoms with Gasteiger partial charge >= 0.3 is 5.97 Å². The third-order valence-corrected chi connectivity index (χ3v) is 3.47. The van der Waals surface area contributed by atoms with E-state index >= 15 is 0 Å². The lowest BCUT2D eigenvalue weighted by Crippen LogP contribution is -2.51. The third kappa shape index (κ3) is 3.80. The second kappa shape index (κ2) is 6.69. The molecule has 21 heavy (non-hydrogen) atoms. The highest BCUT2D eigenvalue weighted by atomic mass is 16.5. The molecule has 0 bridgehead atoms. The number of carbonyl (C=O) groups excluding carboxylic acids is 2. The number of hydrogen-bond acceptors (Lipinski definition) is 5. The quantitative estimate of drug-likeness (QED) is 0.819. The lowest BCUT2D eigenvalue weighted by molar-refractivity contribution is -0.142. The second-order valence-electron chi connectivity index (χ2n) is 5.18. The maximum atomic E-state index is 11.8. The highest BCUT2D eigenvalue weighted by Gasteiger charge is 2.29. The van der Waals surface area contributed by atoms with Crippen LogP contribution in [0.25, 0.3) is 0 Å². The fourth-order valence-electron chi connectivity index (χ4n) is 2.53. The van der Waals surface area contributed by atoms with Crippen LogP contribution in [-0.4, -0.2) is 49.2 Å². The largest absolute Gasteiger partial charge is 0.465 e. The van der Waals surface area contributed by atoms with Crippen molar-refractivity contribution >= 4 is 11.9 Å². The van der Waals surface area contributed by atoms with Gasteiger partial charge in [0.25, 0.3) is 0 Å². The topological polar surface area (TPSA) is 81.9 Å². The Bertz CT molecular complexity index is 532. The van der Waals surface area contributed by atoms with Crippen LogP contribution in [-0.2, 0) is 20.8 Å². The molecular weight excluding hydrogens is 272 g/mol. The molecule has 1 heterocycles. The molecule has 2 N–H and O–H groups in total. The van der Waals surface area contributed by atoms with Gasteiger partial charge in [-0.3, -0.25) is 9.69 Å². The number of esters is 1. The van der Waals surface area contributed by atoms with Crippen LogP contribution in [0.5, 0.6) is 0 Å². The summed E-state index contributed by atoms with van der Waals surface area (Å²) in [7, 11) is 1.36. The molecule has 1 amide bonds. The van der Waals surface area contributed by atoms with Gasteiger partial charge in [-0.1, -0.05) is 18.2 Å². The van der Waals surface area contributed by atoms with Crippen LogP contribution in [0.15, 0.2) is 24.3 Å². The number of hydrogen-bond donors (Lipinski definition) is 1. The summed E-state index contributed by atoms with van der Waals surface area (Å²) in [6, 6.07) is 7.28. The Kier molecular flexibility index (Phi) is 4.93. The van der Waals surface area contributed by atoms with Gasteiger partial charge in [0.15, 0.2) is 0 Å². The van der Waals surface area contributed by atoms with Crippen LogP contribution in [0.3, 0.4) is 0 Å². The van der Waals surface area contributed by atoms with Crippen LogP contribution in [0.1, 0.15) is 22.8 Å². The summed E-state index contributed by atoms with van der Waals surface area (Å²) in [6.07, 6.45) is -0.694. The molecule has 1 aliphatic heterocycles. The zero-order chi connectivity index (χ0) is 15.4. The van der Waals surface area contributed by atoms with E-state index in [1.54, 1.807) is 12.1 Å². The summed E-state index contributed by atoms with van der Waals surface area (Å²) in [4.78, 5) is 25.1. The molecule has 0 spiro atoms. The molecule has 6 nitrogen and oxygen atoms in total. The maximum absolute atomic E-state index is 11.8. The number of rotatable bonds is 4. The van der Waals surface area contributed by atoms with E-state index in [9.17, 15) is 9.59 Å². The summed E-state index contributed by atoms with van der Waals surface area (Å²) < 4.78 is 10.3. The van der Waals surface area contributed by atoms with E-state index in [4.69, 9.17) is 15.2 Å². The normalized spacial score (nSPS) is 22.8. The van der Waals surface area contributed by atoms with E-state index < -0.39 is 12.0 Å². The Balaban J connectivity index is 2.14. The first-order valence-corrected chi connectivity index (χ1v) is 6.84. The van der Waals surface area contributed by atoms with E-state index in [0.717, 1.165) is 5.56 Å². The van der Waals surface area contributed by atoms with Crippen molar-refractivity contribution in [2.24, 2.45) is 5.73 Å². The summed E-state index contributed by atoms with van der Waals surface area (Å²) >= 11 is 0. The molecule has 0 aromatic heterocycles. The maximum Gasteiger partial charge on any atom is 0.338 e. The van der Waals surface area contributed by atoms with Crippen molar-refractivity contribution < 1.29 is 19.1 Å². The Morgan fingerprint density at radius 3 is 2.76 bits per heavy atom. The van der Waals surface area contributed by atoms with Crippen LogP contribution in [0.2, 0.25) is 0 Å². The molecule has 0 radical (unpaired) electrons. The number of nitrogens with two attached hydrogens (primary N) is 1. The fraction of sp³-hybridized carbons (Fsp3) is 0.467. The van der Waals surface area contributed by atoms with E-state index in [1.807, 2.05) is 19.1 Å². The molecule has 1 saturated heterocycles. The number of carbonyl (C=O) groups is 2. The van der Waals surface area contributed by atoms with Gasteiger partial charge in [0.05, 0.1) is 18.8 Å². The Morgan fingerprint density at radius 1 is 1.38 bits per heavy atom. The van der Waals surface area contributed by atoms with Crippen molar-refractivity contribution in [1.29, 1.82) is 0 Å². The highest BCUT2D eigenvalue weighted by Crippen LogP contribution is 2.17. The van der Waals surface area contributed by atoms with Gasteiger partial charge in [0.2, 0.25) is 5.91 Å². The minimum atomic E-state index is -0.612. The number of nitrogens with zero attached hydrogens (tertiary/aromatic N) is 1. The molecule has 114 valence electrons. The SMILES string of the molecule is COC(=O)c1ccccc1CN1CC(C(N)=O)O[C@H](C)C1. The van der Waals surface area contributed by atoms with Crippen molar-refractivity contribution in [3.05, 3.63) is 35.4 Å². The number of methoxy groups -OCH3 is 1.